The van der Waals surface area contributed by atoms with Crippen molar-refractivity contribution >= 4 is 23.0 Å². The lowest BCUT2D eigenvalue weighted by Gasteiger charge is -2.43. The number of halogens is 1. The molecule has 6 nitrogen and oxygen atoms in total. The van der Waals surface area contributed by atoms with Gasteiger partial charge < -0.3 is 15.7 Å². The number of amides is 1. The van der Waals surface area contributed by atoms with Gasteiger partial charge in [0.1, 0.15) is 17.9 Å². The van der Waals surface area contributed by atoms with Crippen molar-refractivity contribution in [2.24, 2.45) is 5.92 Å². The Bertz CT molecular complexity index is 944. The fourth-order valence-electron chi connectivity index (χ4n) is 4.13. The molecule has 1 amide bonds. The molecule has 3 N–H and O–H groups in total. The summed E-state index contributed by atoms with van der Waals surface area (Å²) in [4.78, 5) is 17.8. The van der Waals surface area contributed by atoms with Crippen molar-refractivity contribution in [3.8, 4) is 0 Å². The molecule has 2 aliphatic rings. The first kappa shape index (κ1) is 19.5. The van der Waals surface area contributed by atoms with Crippen LogP contribution in [0.2, 0.25) is 0 Å². The first-order valence-corrected chi connectivity index (χ1v) is 9.85. The summed E-state index contributed by atoms with van der Waals surface area (Å²) in [6, 6.07) is 8.63. The zero-order chi connectivity index (χ0) is 20.5. The molecular formula is C22H25FN4O2. The predicted molar refractivity (Wildman–Crippen MR) is 111 cm³/mol. The molecular weight excluding hydrogens is 371 g/mol. The second kappa shape index (κ2) is 7.93. The molecule has 0 spiro atoms. The number of fused-ring (bicyclic) bond motifs is 1. The Labute approximate surface area is 169 Å². The van der Waals surface area contributed by atoms with Crippen molar-refractivity contribution in [3.63, 3.8) is 0 Å². The second-order valence-corrected chi connectivity index (χ2v) is 7.60. The molecule has 152 valence electrons. The van der Waals surface area contributed by atoms with E-state index in [0.717, 1.165) is 36.8 Å². The minimum absolute atomic E-state index is 0.210. The molecule has 0 radical (unpaired) electrons. The summed E-state index contributed by atoms with van der Waals surface area (Å²) in [5, 5.41) is 17.5. The number of rotatable bonds is 3. The van der Waals surface area contributed by atoms with Crippen LogP contribution in [0.25, 0.3) is 5.57 Å². The van der Waals surface area contributed by atoms with Gasteiger partial charge in [0.15, 0.2) is 0 Å². The number of benzene rings is 1. The summed E-state index contributed by atoms with van der Waals surface area (Å²) in [7, 11) is 0. The Morgan fingerprint density at radius 2 is 2.17 bits per heavy atom. The van der Waals surface area contributed by atoms with E-state index in [4.69, 9.17) is 0 Å². The number of carbonyl (C=O) groups is 1. The van der Waals surface area contributed by atoms with Crippen molar-refractivity contribution in [1.29, 1.82) is 0 Å². The SMILES string of the molecule is CC(=O)N1c2ccc(C3=CCNCC3)cc2[C@H](Nc2ccc(F)cn2)[C@@H](C)[C@@H]1O. The third-order valence-electron chi connectivity index (χ3n) is 5.69. The fourth-order valence-corrected chi connectivity index (χ4v) is 4.13. The smallest absolute Gasteiger partial charge is 0.225 e. The summed E-state index contributed by atoms with van der Waals surface area (Å²) in [5.74, 6) is -0.395. The number of hydrogen-bond acceptors (Lipinski definition) is 5. The van der Waals surface area contributed by atoms with Crippen molar-refractivity contribution in [2.45, 2.75) is 32.5 Å². The van der Waals surface area contributed by atoms with Gasteiger partial charge in [-0.2, -0.15) is 0 Å². The van der Waals surface area contributed by atoms with Gasteiger partial charge >= 0.3 is 0 Å². The van der Waals surface area contributed by atoms with E-state index in [1.54, 1.807) is 6.07 Å². The molecule has 1 aromatic heterocycles. The lowest BCUT2D eigenvalue weighted by molar-refractivity contribution is -0.119. The normalized spacial score (nSPS) is 23.9. The van der Waals surface area contributed by atoms with Gasteiger partial charge in [-0.1, -0.05) is 19.1 Å². The Morgan fingerprint density at radius 3 is 2.83 bits per heavy atom. The van der Waals surface area contributed by atoms with Crippen LogP contribution in [-0.4, -0.2) is 35.3 Å². The maximum absolute atomic E-state index is 13.3. The number of anilines is 2. The van der Waals surface area contributed by atoms with Crippen LogP contribution < -0.4 is 15.5 Å². The molecule has 7 heteroatoms. The van der Waals surface area contributed by atoms with E-state index in [-0.39, 0.29) is 17.9 Å². The highest BCUT2D eigenvalue weighted by Gasteiger charge is 2.40. The molecule has 0 saturated heterocycles. The van der Waals surface area contributed by atoms with Crippen molar-refractivity contribution < 1.29 is 14.3 Å². The minimum Gasteiger partial charge on any atom is -0.373 e. The standard InChI is InChI=1S/C22H25FN4O2/c1-13-21(26-20-6-4-17(23)12-25-20)18-11-16(15-7-9-24-10-8-15)3-5-19(18)27(14(2)28)22(13)29/h3-7,11-13,21-22,24,29H,8-10H2,1-2H3,(H,25,26)/t13-,21-,22+/m1/s1. The number of nitrogens with one attached hydrogen (secondary N) is 2. The van der Waals surface area contributed by atoms with E-state index in [2.05, 4.69) is 27.8 Å². The zero-order valence-corrected chi connectivity index (χ0v) is 16.5. The minimum atomic E-state index is -0.970. The number of aliphatic hydroxyl groups is 1. The van der Waals surface area contributed by atoms with E-state index in [0.29, 0.717) is 11.5 Å². The van der Waals surface area contributed by atoms with Gasteiger partial charge in [0.25, 0.3) is 0 Å². The van der Waals surface area contributed by atoms with Crippen LogP contribution >= 0.6 is 0 Å². The second-order valence-electron chi connectivity index (χ2n) is 7.60. The number of nitrogens with zero attached hydrogens (tertiary/aromatic N) is 2. The Hall–Kier alpha value is -2.77. The van der Waals surface area contributed by atoms with Crippen LogP contribution in [0.15, 0.2) is 42.6 Å². The zero-order valence-electron chi connectivity index (χ0n) is 16.5. The van der Waals surface area contributed by atoms with Crippen molar-refractivity contribution in [2.75, 3.05) is 23.3 Å². The molecule has 29 heavy (non-hydrogen) atoms. The molecule has 0 bridgehead atoms. The van der Waals surface area contributed by atoms with Crippen LogP contribution in [0, 0.1) is 11.7 Å². The quantitative estimate of drug-likeness (QED) is 0.743. The molecule has 0 unspecified atom stereocenters. The number of hydrogen-bond donors (Lipinski definition) is 3. The molecule has 1 aromatic carbocycles. The highest BCUT2D eigenvalue weighted by atomic mass is 19.1. The van der Waals surface area contributed by atoms with E-state index >= 15 is 0 Å². The lowest BCUT2D eigenvalue weighted by Crippen LogP contribution is -2.50. The summed E-state index contributed by atoms with van der Waals surface area (Å²) >= 11 is 0. The van der Waals surface area contributed by atoms with Gasteiger partial charge in [0.2, 0.25) is 5.91 Å². The summed E-state index contributed by atoms with van der Waals surface area (Å²) in [6.07, 6.45) is 3.30. The number of aliphatic hydroxyl groups excluding tert-OH is 1. The first-order valence-electron chi connectivity index (χ1n) is 9.85. The molecule has 0 aliphatic carbocycles. The van der Waals surface area contributed by atoms with Gasteiger partial charge in [0, 0.05) is 19.4 Å². The molecule has 2 aliphatic heterocycles. The maximum atomic E-state index is 13.3. The summed E-state index contributed by atoms with van der Waals surface area (Å²) < 4.78 is 13.3. The average Bonchev–Trinajstić information content (AvgIpc) is 2.73. The van der Waals surface area contributed by atoms with Crippen LogP contribution in [0.1, 0.15) is 37.4 Å². The molecule has 3 atom stereocenters. The van der Waals surface area contributed by atoms with Gasteiger partial charge in [0.05, 0.1) is 17.9 Å². The molecule has 4 rings (SSSR count). The van der Waals surface area contributed by atoms with Gasteiger partial charge in [-0.05, 0) is 53.9 Å². The monoisotopic (exact) mass is 396 g/mol. The summed E-state index contributed by atoms with van der Waals surface area (Å²) in [5.41, 5.74) is 3.97. The molecule has 3 heterocycles. The Morgan fingerprint density at radius 1 is 1.34 bits per heavy atom. The Balaban J connectivity index is 1.78. The number of aromatic nitrogens is 1. The van der Waals surface area contributed by atoms with Gasteiger partial charge in [-0.15, -0.1) is 0 Å². The third-order valence-corrected chi connectivity index (χ3v) is 5.69. The van der Waals surface area contributed by atoms with Crippen molar-refractivity contribution in [1.82, 2.24) is 10.3 Å². The van der Waals surface area contributed by atoms with Crippen molar-refractivity contribution in [3.05, 3.63) is 59.5 Å². The topological polar surface area (TPSA) is 77.5 Å². The maximum Gasteiger partial charge on any atom is 0.225 e. The van der Waals surface area contributed by atoms with E-state index < -0.39 is 12.0 Å². The molecule has 0 fully saturated rings. The average molecular weight is 396 g/mol. The highest BCUT2D eigenvalue weighted by Crippen LogP contribution is 2.43. The third kappa shape index (κ3) is 3.75. The predicted octanol–water partition coefficient (Wildman–Crippen LogP) is 3.07. The largest absolute Gasteiger partial charge is 0.373 e. The first-order chi connectivity index (χ1) is 14.0. The number of pyridine rings is 1. The lowest BCUT2D eigenvalue weighted by atomic mass is 9.84. The van der Waals surface area contributed by atoms with Crippen LogP contribution in [0.5, 0.6) is 0 Å². The van der Waals surface area contributed by atoms with Gasteiger partial charge in [-0.3, -0.25) is 9.69 Å². The molecule has 2 aromatic rings. The van der Waals surface area contributed by atoms with Crippen LogP contribution in [-0.2, 0) is 4.79 Å². The molecule has 0 saturated carbocycles. The fraction of sp³-hybridized carbons (Fsp3) is 0.364. The highest BCUT2D eigenvalue weighted by molar-refractivity contribution is 5.94. The van der Waals surface area contributed by atoms with E-state index in [1.807, 2.05) is 19.1 Å². The Kier molecular flexibility index (Phi) is 5.34. The van der Waals surface area contributed by atoms with Crippen LogP contribution in [0.3, 0.4) is 0 Å². The van der Waals surface area contributed by atoms with Crippen LogP contribution in [0.4, 0.5) is 15.9 Å². The van der Waals surface area contributed by atoms with E-state index in [1.165, 1.54) is 23.5 Å². The number of carbonyl (C=O) groups excluding carboxylic acids is 1. The van der Waals surface area contributed by atoms with E-state index in [9.17, 15) is 14.3 Å². The summed E-state index contributed by atoms with van der Waals surface area (Å²) in [6.45, 7) is 5.11. The van der Waals surface area contributed by atoms with Gasteiger partial charge in [-0.25, -0.2) is 9.37 Å².